The van der Waals surface area contributed by atoms with Crippen molar-refractivity contribution in [1.82, 2.24) is 25.2 Å². The largest absolute Gasteiger partial charge is 0.468 e. The van der Waals surface area contributed by atoms with Gasteiger partial charge in [-0.25, -0.2) is 4.79 Å². The average Bonchev–Trinajstić information content (AvgIpc) is 3.27. The molecule has 1 aliphatic rings. The highest BCUT2D eigenvalue weighted by atomic mass is 16.5. The number of nitrogens with zero attached hydrogens (tertiary/aromatic N) is 4. The van der Waals surface area contributed by atoms with E-state index in [0.717, 1.165) is 36.8 Å². The smallest absolute Gasteiger partial charge is 0.317 e. The van der Waals surface area contributed by atoms with Crippen LogP contribution >= 0.6 is 0 Å². The van der Waals surface area contributed by atoms with Crippen LogP contribution in [0.5, 0.6) is 0 Å². The zero-order valence-corrected chi connectivity index (χ0v) is 15.6. The zero-order chi connectivity index (χ0) is 18.5. The van der Waals surface area contributed by atoms with Crippen molar-refractivity contribution in [2.24, 2.45) is 0 Å². The van der Waals surface area contributed by atoms with Crippen LogP contribution in [0.25, 0.3) is 0 Å². The lowest BCUT2D eigenvalue weighted by Crippen LogP contribution is -2.52. The van der Waals surface area contributed by atoms with E-state index < -0.39 is 0 Å². The van der Waals surface area contributed by atoms with Gasteiger partial charge < -0.3 is 19.2 Å². The first-order valence-electron chi connectivity index (χ1n) is 8.90. The van der Waals surface area contributed by atoms with Gasteiger partial charge in [-0.3, -0.25) is 9.80 Å². The minimum atomic E-state index is -0.0291. The number of hydrogen-bond donors (Lipinski definition) is 1. The van der Waals surface area contributed by atoms with E-state index in [4.69, 9.17) is 8.94 Å². The fraction of sp³-hybridized carbons (Fsp3) is 0.556. The quantitative estimate of drug-likeness (QED) is 0.844. The zero-order valence-electron chi connectivity index (χ0n) is 15.6. The van der Waals surface area contributed by atoms with Crippen molar-refractivity contribution in [2.45, 2.75) is 19.5 Å². The molecule has 0 bridgehead atoms. The molecule has 0 radical (unpaired) electrons. The Balaban J connectivity index is 1.44. The van der Waals surface area contributed by atoms with Gasteiger partial charge in [0.05, 0.1) is 24.5 Å². The van der Waals surface area contributed by atoms with E-state index in [9.17, 15) is 4.79 Å². The topological polar surface area (TPSA) is 78.0 Å². The summed E-state index contributed by atoms with van der Waals surface area (Å²) >= 11 is 0. The number of amides is 2. The fourth-order valence-corrected chi connectivity index (χ4v) is 3.13. The summed E-state index contributed by atoms with van der Waals surface area (Å²) in [6.45, 7) is 6.21. The van der Waals surface area contributed by atoms with Crippen molar-refractivity contribution < 1.29 is 13.7 Å². The van der Waals surface area contributed by atoms with E-state index in [1.165, 1.54) is 0 Å². The van der Waals surface area contributed by atoms with E-state index >= 15 is 0 Å². The van der Waals surface area contributed by atoms with Crippen molar-refractivity contribution in [1.29, 1.82) is 0 Å². The molecule has 1 fully saturated rings. The molecule has 3 rings (SSSR count). The van der Waals surface area contributed by atoms with Gasteiger partial charge in [-0.2, -0.15) is 0 Å². The Labute approximate surface area is 153 Å². The lowest BCUT2D eigenvalue weighted by molar-refractivity contribution is 0.126. The molecule has 1 unspecified atom stereocenters. The van der Waals surface area contributed by atoms with E-state index in [-0.39, 0.29) is 12.1 Å². The molecule has 1 saturated heterocycles. The van der Waals surface area contributed by atoms with Crippen LogP contribution in [-0.2, 0) is 6.54 Å². The molecule has 2 aromatic heterocycles. The van der Waals surface area contributed by atoms with Crippen LogP contribution in [0.15, 0.2) is 33.4 Å². The van der Waals surface area contributed by atoms with E-state index in [1.54, 1.807) is 6.26 Å². The standard InChI is InChI=1S/C18H27N5O3/c1-14-11-15(26-20-14)13-22-6-8-23(9-7-22)18(24)19-12-16(21(2)3)17-5-4-10-25-17/h4-5,10-11,16H,6-9,12-13H2,1-3H3,(H,19,24). The van der Waals surface area contributed by atoms with Crippen LogP contribution in [0.3, 0.4) is 0 Å². The Morgan fingerprint density at radius 3 is 2.69 bits per heavy atom. The van der Waals surface area contributed by atoms with Crippen molar-refractivity contribution >= 4 is 6.03 Å². The second-order valence-corrected chi connectivity index (χ2v) is 6.88. The summed E-state index contributed by atoms with van der Waals surface area (Å²) in [4.78, 5) is 18.7. The highest BCUT2D eigenvalue weighted by Crippen LogP contribution is 2.17. The molecule has 8 nitrogen and oxygen atoms in total. The third-order valence-corrected chi connectivity index (χ3v) is 4.66. The molecule has 1 aliphatic heterocycles. The molecule has 0 saturated carbocycles. The molecule has 26 heavy (non-hydrogen) atoms. The number of urea groups is 1. The normalized spacial score (nSPS) is 16.8. The molecule has 1 N–H and O–H groups in total. The number of piperazine rings is 1. The molecule has 0 spiro atoms. The number of likely N-dealkylation sites (N-methyl/N-ethyl adjacent to an activating group) is 1. The monoisotopic (exact) mass is 361 g/mol. The molecule has 2 aromatic rings. The van der Waals surface area contributed by atoms with E-state index in [0.29, 0.717) is 19.6 Å². The summed E-state index contributed by atoms with van der Waals surface area (Å²) in [5, 5.41) is 6.94. The summed E-state index contributed by atoms with van der Waals surface area (Å²) in [7, 11) is 3.95. The number of rotatable bonds is 6. The number of aryl methyl sites for hydroxylation is 1. The molecule has 0 aliphatic carbocycles. The molecule has 1 atom stereocenters. The maximum absolute atomic E-state index is 12.5. The van der Waals surface area contributed by atoms with Gasteiger partial charge in [-0.05, 0) is 33.2 Å². The summed E-state index contributed by atoms with van der Waals surface area (Å²) in [6, 6.07) is 5.74. The molecule has 0 aromatic carbocycles. The minimum Gasteiger partial charge on any atom is -0.468 e. The predicted molar refractivity (Wildman–Crippen MR) is 96.6 cm³/mol. The van der Waals surface area contributed by atoms with Gasteiger partial charge in [0.2, 0.25) is 0 Å². The van der Waals surface area contributed by atoms with E-state index in [1.807, 2.05) is 49.0 Å². The van der Waals surface area contributed by atoms with Crippen LogP contribution in [-0.4, -0.2) is 72.7 Å². The summed E-state index contributed by atoms with van der Waals surface area (Å²) in [5.41, 5.74) is 0.894. The van der Waals surface area contributed by atoms with Crippen molar-refractivity contribution in [3.8, 4) is 0 Å². The van der Waals surface area contributed by atoms with Crippen LogP contribution < -0.4 is 5.32 Å². The molecule has 142 valence electrons. The van der Waals surface area contributed by atoms with Crippen molar-refractivity contribution in [3.63, 3.8) is 0 Å². The highest BCUT2D eigenvalue weighted by Gasteiger charge is 2.24. The number of aromatic nitrogens is 1. The number of hydrogen-bond acceptors (Lipinski definition) is 6. The average molecular weight is 361 g/mol. The highest BCUT2D eigenvalue weighted by molar-refractivity contribution is 5.74. The Kier molecular flexibility index (Phi) is 5.95. The Hall–Kier alpha value is -2.32. The van der Waals surface area contributed by atoms with Crippen LogP contribution in [0.4, 0.5) is 4.79 Å². The Bertz CT molecular complexity index is 690. The molecular formula is C18H27N5O3. The number of carbonyl (C=O) groups excluding carboxylic acids is 1. The van der Waals surface area contributed by atoms with Crippen LogP contribution in [0, 0.1) is 6.92 Å². The molecule has 8 heteroatoms. The molecule has 2 amide bonds. The number of nitrogens with one attached hydrogen (secondary N) is 1. The van der Waals surface area contributed by atoms with Gasteiger partial charge in [0.1, 0.15) is 5.76 Å². The third kappa shape index (κ3) is 4.64. The first-order chi connectivity index (χ1) is 12.5. The van der Waals surface area contributed by atoms with Crippen LogP contribution in [0.2, 0.25) is 0 Å². The minimum absolute atomic E-state index is 0.0185. The van der Waals surface area contributed by atoms with Crippen molar-refractivity contribution in [3.05, 3.63) is 41.7 Å². The number of carbonyl (C=O) groups is 1. The molecule has 3 heterocycles. The fourth-order valence-electron chi connectivity index (χ4n) is 3.13. The van der Waals surface area contributed by atoms with Gasteiger partial charge in [0, 0.05) is 38.8 Å². The molecular weight excluding hydrogens is 334 g/mol. The van der Waals surface area contributed by atoms with Gasteiger partial charge >= 0.3 is 6.03 Å². The lowest BCUT2D eigenvalue weighted by Gasteiger charge is -2.34. The first kappa shape index (κ1) is 18.5. The second kappa shape index (κ2) is 8.37. The van der Waals surface area contributed by atoms with Crippen molar-refractivity contribution in [2.75, 3.05) is 46.8 Å². The maximum Gasteiger partial charge on any atom is 0.317 e. The second-order valence-electron chi connectivity index (χ2n) is 6.88. The Morgan fingerprint density at radius 2 is 2.12 bits per heavy atom. The Morgan fingerprint density at radius 1 is 1.35 bits per heavy atom. The van der Waals surface area contributed by atoms with E-state index in [2.05, 4.69) is 15.4 Å². The lowest BCUT2D eigenvalue weighted by atomic mass is 10.2. The predicted octanol–water partition coefficient (Wildman–Crippen LogP) is 1.71. The first-order valence-corrected chi connectivity index (χ1v) is 8.90. The van der Waals surface area contributed by atoms with Crippen LogP contribution in [0.1, 0.15) is 23.3 Å². The maximum atomic E-state index is 12.5. The van der Waals surface area contributed by atoms with Gasteiger partial charge in [-0.15, -0.1) is 0 Å². The van der Waals surface area contributed by atoms with Gasteiger partial charge in [-0.1, -0.05) is 5.16 Å². The van der Waals surface area contributed by atoms with Gasteiger partial charge in [0.15, 0.2) is 5.76 Å². The number of furan rings is 1. The SMILES string of the molecule is Cc1cc(CN2CCN(C(=O)NCC(c3ccco3)N(C)C)CC2)on1. The van der Waals surface area contributed by atoms with Gasteiger partial charge in [0.25, 0.3) is 0 Å². The summed E-state index contributed by atoms with van der Waals surface area (Å²) in [5.74, 6) is 1.72. The summed E-state index contributed by atoms with van der Waals surface area (Å²) in [6.07, 6.45) is 1.66. The third-order valence-electron chi connectivity index (χ3n) is 4.66. The summed E-state index contributed by atoms with van der Waals surface area (Å²) < 4.78 is 10.7.